The zero-order chi connectivity index (χ0) is 14.1. The van der Waals surface area contributed by atoms with Gasteiger partial charge in [0.05, 0.1) is 0 Å². The normalized spacial score (nSPS) is 14.6. The van der Waals surface area contributed by atoms with E-state index < -0.39 is 0 Å². The third-order valence-corrected chi connectivity index (χ3v) is 3.93. The van der Waals surface area contributed by atoms with E-state index >= 15 is 0 Å². The van der Waals surface area contributed by atoms with Crippen LogP contribution in [0.4, 0.5) is 4.39 Å². The van der Waals surface area contributed by atoms with Gasteiger partial charge in [0.1, 0.15) is 5.82 Å². The fraction of sp³-hybridized carbons (Fsp3) is 0.294. The maximum absolute atomic E-state index is 13.9. The Bertz CT molecular complexity index is 635. The third-order valence-electron chi connectivity index (χ3n) is 3.62. The Hall–Kier alpha value is -1.38. The van der Waals surface area contributed by atoms with Crippen molar-refractivity contribution in [3.8, 4) is 11.1 Å². The van der Waals surface area contributed by atoms with Crippen molar-refractivity contribution in [1.29, 1.82) is 0 Å². The summed E-state index contributed by atoms with van der Waals surface area (Å²) >= 11 is 6.32. The Balaban J connectivity index is 1.87. The standard InChI is InChI=1S/C17H17ClFN/c1-11-2-7-17(19)15(8-11)14-6-3-12(9-16(14)18)10-20-13-4-5-13/h2-3,6-9,13,20H,4-5,10H2,1H3. The van der Waals surface area contributed by atoms with E-state index in [9.17, 15) is 4.39 Å². The van der Waals surface area contributed by atoms with Gasteiger partial charge in [0.2, 0.25) is 0 Å². The lowest BCUT2D eigenvalue weighted by atomic mass is 10.0. The molecule has 0 heterocycles. The molecule has 104 valence electrons. The average molecular weight is 290 g/mol. The Labute approximate surface area is 123 Å². The topological polar surface area (TPSA) is 12.0 Å². The highest BCUT2D eigenvalue weighted by Crippen LogP contribution is 2.31. The van der Waals surface area contributed by atoms with E-state index in [0.29, 0.717) is 16.6 Å². The summed E-state index contributed by atoms with van der Waals surface area (Å²) in [5.74, 6) is -0.235. The second-order valence-corrected chi connectivity index (χ2v) is 5.86. The van der Waals surface area contributed by atoms with Crippen LogP contribution in [0.2, 0.25) is 5.02 Å². The Morgan fingerprint density at radius 2 is 1.95 bits per heavy atom. The number of aryl methyl sites for hydroxylation is 1. The smallest absolute Gasteiger partial charge is 0.131 e. The van der Waals surface area contributed by atoms with Gasteiger partial charge in [-0.2, -0.15) is 0 Å². The predicted molar refractivity (Wildman–Crippen MR) is 81.4 cm³/mol. The van der Waals surface area contributed by atoms with Crippen LogP contribution in [0.1, 0.15) is 24.0 Å². The highest BCUT2D eigenvalue weighted by Gasteiger charge is 2.20. The Kier molecular flexibility index (Phi) is 3.77. The molecule has 0 spiro atoms. The second-order valence-electron chi connectivity index (χ2n) is 5.45. The van der Waals surface area contributed by atoms with Crippen molar-refractivity contribution in [3.05, 3.63) is 58.4 Å². The molecule has 1 nitrogen and oxygen atoms in total. The lowest BCUT2D eigenvalue weighted by Crippen LogP contribution is -2.15. The first-order valence-electron chi connectivity index (χ1n) is 6.92. The number of nitrogens with one attached hydrogen (secondary N) is 1. The zero-order valence-corrected chi connectivity index (χ0v) is 12.2. The first-order valence-corrected chi connectivity index (χ1v) is 7.29. The number of rotatable bonds is 4. The molecule has 1 N–H and O–H groups in total. The molecular formula is C17H17ClFN. The van der Waals surface area contributed by atoms with Crippen LogP contribution in [0.25, 0.3) is 11.1 Å². The van der Waals surface area contributed by atoms with Crippen LogP contribution >= 0.6 is 11.6 Å². The predicted octanol–water partition coefficient (Wildman–Crippen LogP) is 4.71. The number of halogens is 2. The molecule has 1 aliphatic carbocycles. The van der Waals surface area contributed by atoms with Gasteiger partial charge in [-0.15, -0.1) is 0 Å². The van der Waals surface area contributed by atoms with E-state index in [0.717, 1.165) is 23.2 Å². The van der Waals surface area contributed by atoms with Gasteiger partial charge >= 0.3 is 0 Å². The molecule has 2 aromatic carbocycles. The van der Waals surface area contributed by atoms with Crippen molar-refractivity contribution >= 4 is 11.6 Å². The Morgan fingerprint density at radius 1 is 1.15 bits per heavy atom. The summed E-state index contributed by atoms with van der Waals surface area (Å²) in [5, 5.41) is 4.05. The minimum Gasteiger partial charge on any atom is -0.310 e. The fourth-order valence-electron chi connectivity index (χ4n) is 2.28. The average Bonchev–Trinajstić information content (AvgIpc) is 3.24. The SMILES string of the molecule is Cc1ccc(F)c(-c2ccc(CNC3CC3)cc2Cl)c1. The molecule has 0 radical (unpaired) electrons. The first-order chi connectivity index (χ1) is 9.63. The maximum atomic E-state index is 13.9. The molecule has 3 rings (SSSR count). The van der Waals surface area contributed by atoms with Crippen molar-refractivity contribution in [2.75, 3.05) is 0 Å². The van der Waals surface area contributed by atoms with Crippen LogP contribution in [0.5, 0.6) is 0 Å². The van der Waals surface area contributed by atoms with E-state index in [1.165, 1.54) is 18.9 Å². The van der Waals surface area contributed by atoms with Crippen LogP contribution in [0, 0.1) is 12.7 Å². The molecule has 1 saturated carbocycles. The van der Waals surface area contributed by atoms with E-state index in [-0.39, 0.29) is 5.82 Å². The second kappa shape index (κ2) is 5.55. The van der Waals surface area contributed by atoms with Gasteiger partial charge in [-0.3, -0.25) is 0 Å². The molecule has 0 atom stereocenters. The molecule has 1 aliphatic rings. The van der Waals surface area contributed by atoms with Gasteiger partial charge in [-0.05, 0) is 43.5 Å². The molecule has 0 saturated heterocycles. The largest absolute Gasteiger partial charge is 0.310 e. The van der Waals surface area contributed by atoms with Crippen LogP contribution < -0.4 is 5.32 Å². The van der Waals surface area contributed by atoms with Crippen LogP contribution in [-0.2, 0) is 6.54 Å². The summed E-state index contributed by atoms with van der Waals surface area (Å²) in [4.78, 5) is 0. The fourth-order valence-corrected chi connectivity index (χ4v) is 2.59. The van der Waals surface area contributed by atoms with E-state index in [1.54, 1.807) is 6.07 Å². The lowest BCUT2D eigenvalue weighted by Gasteiger charge is -2.10. The molecule has 0 unspecified atom stereocenters. The summed E-state index contributed by atoms with van der Waals surface area (Å²) in [6, 6.07) is 11.6. The minimum atomic E-state index is -0.235. The van der Waals surface area contributed by atoms with Gasteiger partial charge in [0, 0.05) is 28.7 Å². The molecule has 3 heteroatoms. The van der Waals surface area contributed by atoms with Crippen LogP contribution in [0.15, 0.2) is 36.4 Å². The molecule has 2 aromatic rings. The van der Waals surface area contributed by atoms with Crippen molar-refractivity contribution in [3.63, 3.8) is 0 Å². The summed E-state index contributed by atoms with van der Waals surface area (Å²) < 4.78 is 13.9. The van der Waals surface area contributed by atoms with Gasteiger partial charge in [-0.25, -0.2) is 4.39 Å². The summed E-state index contributed by atoms with van der Waals surface area (Å²) in [7, 11) is 0. The molecule has 0 amide bonds. The van der Waals surface area contributed by atoms with Crippen molar-refractivity contribution in [1.82, 2.24) is 5.32 Å². The zero-order valence-electron chi connectivity index (χ0n) is 11.4. The van der Waals surface area contributed by atoms with Gasteiger partial charge in [-0.1, -0.05) is 35.4 Å². The lowest BCUT2D eigenvalue weighted by molar-refractivity contribution is 0.631. The first kappa shape index (κ1) is 13.6. The minimum absolute atomic E-state index is 0.235. The van der Waals surface area contributed by atoms with E-state index in [2.05, 4.69) is 5.32 Å². The van der Waals surface area contributed by atoms with Crippen molar-refractivity contribution < 1.29 is 4.39 Å². The molecule has 20 heavy (non-hydrogen) atoms. The maximum Gasteiger partial charge on any atom is 0.131 e. The quantitative estimate of drug-likeness (QED) is 0.860. The summed E-state index contributed by atoms with van der Waals surface area (Å²) in [5.41, 5.74) is 3.48. The van der Waals surface area contributed by atoms with Gasteiger partial charge in [0.25, 0.3) is 0 Å². The molecule has 1 fully saturated rings. The number of benzene rings is 2. The van der Waals surface area contributed by atoms with Crippen molar-refractivity contribution in [2.45, 2.75) is 32.4 Å². The van der Waals surface area contributed by atoms with E-state index in [1.807, 2.05) is 31.2 Å². The number of hydrogen-bond acceptors (Lipinski definition) is 1. The molecular weight excluding hydrogens is 273 g/mol. The monoisotopic (exact) mass is 289 g/mol. The van der Waals surface area contributed by atoms with Crippen LogP contribution in [0.3, 0.4) is 0 Å². The van der Waals surface area contributed by atoms with Gasteiger partial charge < -0.3 is 5.32 Å². The molecule has 0 aliphatic heterocycles. The van der Waals surface area contributed by atoms with Crippen LogP contribution in [-0.4, -0.2) is 6.04 Å². The van der Waals surface area contributed by atoms with E-state index in [4.69, 9.17) is 11.6 Å². The highest BCUT2D eigenvalue weighted by atomic mass is 35.5. The summed E-state index contributed by atoms with van der Waals surface area (Å²) in [6.45, 7) is 2.77. The molecule has 0 bridgehead atoms. The Morgan fingerprint density at radius 3 is 2.65 bits per heavy atom. The highest BCUT2D eigenvalue weighted by molar-refractivity contribution is 6.33. The van der Waals surface area contributed by atoms with Crippen molar-refractivity contribution in [2.24, 2.45) is 0 Å². The van der Waals surface area contributed by atoms with Gasteiger partial charge in [0.15, 0.2) is 0 Å². The summed E-state index contributed by atoms with van der Waals surface area (Å²) in [6.07, 6.45) is 2.53. The third kappa shape index (κ3) is 3.02. The number of hydrogen-bond donors (Lipinski definition) is 1. The molecule has 0 aromatic heterocycles.